The second kappa shape index (κ2) is 21.4. The van der Waals surface area contributed by atoms with E-state index < -0.39 is 0 Å². The summed E-state index contributed by atoms with van der Waals surface area (Å²) >= 11 is 0. The highest BCUT2D eigenvalue weighted by Crippen LogP contribution is 2.24. The molecule has 1 aliphatic heterocycles. The summed E-state index contributed by atoms with van der Waals surface area (Å²) in [5.41, 5.74) is 9.50. The fourth-order valence-corrected chi connectivity index (χ4v) is 4.58. The van der Waals surface area contributed by atoms with Crippen LogP contribution < -0.4 is 11.1 Å². The minimum Gasteiger partial charge on any atom is -0.371 e. The van der Waals surface area contributed by atoms with Crippen molar-refractivity contribution in [1.29, 1.82) is 0 Å². The molecule has 0 spiro atoms. The molecule has 1 aromatic heterocycles. The Kier molecular flexibility index (Phi) is 18.9. The molecule has 1 saturated heterocycles. The molecule has 3 rings (SSSR count). The summed E-state index contributed by atoms with van der Waals surface area (Å²) < 4.78 is 5.97. The summed E-state index contributed by atoms with van der Waals surface area (Å²) in [5.74, 6) is 3.05. The number of Topliss-reactive ketones (excluding diaryl/α,β-unsaturated/α-hetero) is 1. The highest BCUT2D eigenvalue weighted by molar-refractivity contribution is 6.09. The van der Waals surface area contributed by atoms with Crippen LogP contribution in [0.25, 0.3) is 0 Å². The molecule has 9 heteroatoms. The summed E-state index contributed by atoms with van der Waals surface area (Å²) in [6, 6.07) is 10.5. The van der Waals surface area contributed by atoms with Crippen molar-refractivity contribution in [1.82, 2.24) is 20.4 Å². The Bertz CT molecular complexity index is 1280. The zero-order valence-corrected chi connectivity index (χ0v) is 30.4. The number of nitrogens with two attached hydrogens (primary N) is 1. The van der Waals surface area contributed by atoms with E-state index in [4.69, 9.17) is 10.5 Å². The Labute approximate surface area is 278 Å². The highest BCUT2D eigenvalue weighted by Gasteiger charge is 2.33. The standard InChI is InChI=1S/C22H29N5.C12H23NO2.C3H9N/c1-6-7-8-17(3)22(25-21-15-18(4)26-27-21)24-20(23-5)14-13-19-11-9-16(2)10-12-19;1-9-6-13(7-10(2)14)8-11(9)15-12(3,4)5;1-2-3-4/h6-12,15H,13-14H2,1-5H3,(H2,23,24,25,26,27);9,11H,6-8H2,1-5H3;2-4H2,1H3/b7-6-,17-8+;;/t;9?,11-;/m.0./s1. The number of hydrogen-bond donors (Lipinski definition) is 3. The van der Waals surface area contributed by atoms with Gasteiger partial charge < -0.3 is 15.8 Å². The molecule has 0 amide bonds. The molecule has 46 heavy (non-hydrogen) atoms. The average Bonchev–Trinajstić information content (AvgIpc) is 3.56. The summed E-state index contributed by atoms with van der Waals surface area (Å²) in [4.78, 5) is 22.3. The molecule has 2 aromatic rings. The van der Waals surface area contributed by atoms with Gasteiger partial charge in [-0.1, -0.05) is 61.9 Å². The van der Waals surface area contributed by atoms with Crippen molar-refractivity contribution >= 4 is 23.3 Å². The van der Waals surface area contributed by atoms with Gasteiger partial charge in [0.25, 0.3) is 0 Å². The predicted molar refractivity (Wildman–Crippen MR) is 195 cm³/mol. The number of aromatic nitrogens is 2. The van der Waals surface area contributed by atoms with E-state index in [2.05, 4.69) is 96.2 Å². The summed E-state index contributed by atoms with van der Waals surface area (Å²) in [5, 5.41) is 10.5. The number of nitrogens with one attached hydrogen (secondary N) is 2. The molecule has 0 radical (unpaired) electrons. The summed E-state index contributed by atoms with van der Waals surface area (Å²) in [6.45, 7) is 23.4. The zero-order chi connectivity index (χ0) is 34.7. The fourth-order valence-electron chi connectivity index (χ4n) is 4.58. The van der Waals surface area contributed by atoms with Gasteiger partial charge in [0.1, 0.15) is 17.5 Å². The Hall–Kier alpha value is -3.40. The van der Waals surface area contributed by atoms with Gasteiger partial charge in [-0.25, -0.2) is 4.99 Å². The van der Waals surface area contributed by atoms with Crippen LogP contribution in [-0.4, -0.2) is 77.5 Å². The van der Waals surface area contributed by atoms with Gasteiger partial charge in [0.2, 0.25) is 0 Å². The Morgan fingerprint density at radius 1 is 1.20 bits per heavy atom. The van der Waals surface area contributed by atoms with E-state index in [1.165, 1.54) is 11.1 Å². The number of nitrogens with zero attached hydrogens (tertiary/aromatic N) is 4. The van der Waals surface area contributed by atoms with Crippen molar-refractivity contribution in [3.8, 4) is 0 Å². The minimum atomic E-state index is -0.0921. The molecule has 9 nitrogen and oxygen atoms in total. The van der Waals surface area contributed by atoms with Crippen LogP contribution in [0, 0.1) is 19.8 Å². The molecular formula is C37H61N7O2. The number of aliphatic imine (C=N–C) groups is 2. The van der Waals surface area contributed by atoms with Crippen LogP contribution in [0.15, 0.2) is 64.1 Å². The minimum absolute atomic E-state index is 0.0921. The van der Waals surface area contributed by atoms with Crippen LogP contribution in [0.1, 0.15) is 85.1 Å². The van der Waals surface area contributed by atoms with Crippen LogP contribution >= 0.6 is 0 Å². The molecule has 1 aromatic carbocycles. The lowest BCUT2D eigenvalue weighted by atomic mass is 10.1. The normalized spacial score (nSPS) is 17.8. The first-order valence-electron chi connectivity index (χ1n) is 16.5. The number of rotatable bonds is 10. The number of aromatic amines is 1. The number of carbonyl (C=O) groups excluding carboxylic acids is 1. The van der Waals surface area contributed by atoms with Gasteiger partial charge in [-0.2, -0.15) is 5.10 Å². The molecule has 2 heterocycles. The van der Waals surface area contributed by atoms with Crippen molar-refractivity contribution < 1.29 is 9.53 Å². The number of H-pyrrole nitrogens is 1. The number of amidine groups is 2. The highest BCUT2D eigenvalue weighted by atomic mass is 16.5. The largest absolute Gasteiger partial charge is 0.371 e. The van der Waals surface area contributed by atoms with Gasteiger partial charge in [0.05, 0.1) is 18.2 Å². The maximum atomic E-state index is 11.0. The Morgan fingerprint density at radius 2 is 1.85 bits per heavy atom. The maximum absolute atomic E-state index is 11.0. The molecule has 1 fully saturated rings. The molecule has 0 aliphatic carbocycles. The van der Waals surface area contributed by atoms with E-state index in [1.807, 2.05) is 45.1 Å². The lowest BCUT2D eigenvalue weighted by Gasteiger charge is -2.27. The quantitative estimate of drug-likeness (QED) is 0.148. The molecule has 0 saturated carbocycles. The van der Waals surface area contributed by atoms with E-state index in [0.717, 1.165) is 61.8 Å². The number of allylic oxidation sites excluding steroid dienone is 3. The van der Waals surface area contributed by atoms with Crippen molar-refractivity contribution in [3.63, 3.8) is 0 Å². The van der Waals surface area contributed by atoms with Gasteiger partial charge in [-0.05, 0) is 91.8 Å². The number of ether oxygens (including phenoxy) is 1. The molecule has 4 N–H and O–H groups in total. The average molecular weight is 636 g/mol. The number of ketones is 1. The first kappa shape index (κ1) is 40.6. The van der Waals surface area contributed by atoms with Crippen LogP contribution in [0.4, 0.5) is 5.82 Å². The van der Waals surface area contributed by atoms with E-state index in [-0.39, 0.29) is 17.5 Å². The van der Waals surface area contributed by atoms with Gasteiger partial charge in [0.15, 0.2) is 5.82 Å². The predicted octanol–water partition coefficient (Wildman–Crippen LogP) is 6.90. The second-order valence-electron chi connectivity index (χ2n) is 13.0. The van der Waals surface area contributed by atoms with Gasteiger partial charge in [-0.15, -0.1) is 0 Å². The zero-order valence-electron chi connectivity index (χ0n) is 30.4. The summed E-state index contributed by atoms with van der Waals surface area (Å²) in [7, 11) is 1.80. The molecule has 0 bridgehead atoms. The van der Waals surface area contributed by atoms with E-state index in [0.29, 0.717) is 18.3 Å². The van der Waals surface area contributed by atoms with Crippen LogP contribution in [0.2, 0.25) is 0 Å². The second-order valence-corrected chi connectivity index (χ2v) is 13.0. The Morgan fingerprint density at radius 3 is 2.35 bits per heavy atom. The van der Waals surface area contributed by atoms with Gasteiger partial charge in [0, 0.05) is 38.3 Å². The van der Waals surface area contributed by atoms with E-state index in [9.17, 15) is 4.79 Å². The summed E-state index contributed by atoms with van der Waals surface area (Å²) in [6.07, 6.45) is 9.12. The third kappa shape index (κ3) is 17.3. The maximum Gasteiger partial charge on any atom is 0.175 e. The Balaban J connectivity index is 0.000000467. The van der Waals surface area contributed by atoms with Gasteiger partial charge >= 0.3 is 0 Å². The molecule has 1 aliphatic rings. The van der Waals surface area contributed by atoms with Crippen LogP contribution in [0.3, 0.4) is 0 Å². The van der Waals surface area contributed by atoms with E-state index >= 15 is 0 Å². The number of hydrogen-bond acceptors (Lipinski definition) is 7. The van der Waals surface area contributed by atoms with Crippen molar-refractivity contribution in [3.05, 3.63) is 71.0 Å². The van der Waals surface area contributed by atoms with Crippen LogP contribution in [-0.2, 0) is 16.0 Å². The SMILES string of the molecule is C/C=C\C=C(/C)C(=Nc1cc(C)[nH]n1)NC(CCc1ccc(C)cc1)=NC.CC(=O)CN1CC(C)[C@@H](OC(C)(C)C)C1.CCCN. The lowest BCUT2D eigenvalue weighted by molar-refractivity contribution is -0.118. The lowest BCUT2D eigenvalue weighted by Crippen LogP contribution is -2.33. The monoisotopic (exact) mass is 635 g/mol. The smallest absolute Gasteiger partial charge is 0.175 e. The van der Waals surface area contributed by atoms with Crippen molar-refractivity contribution in [2.75, 3.05) is 33.2 Å². The molecule has 256 valence electrons. The first-order valence-corrected chi connectivity index (χ1v) is 16.5. The molecular weight excluding hydrogens is 574 g/mol. The van der Waals surface area contributed by atoms with Crippen LogP contribution in [0.5, 0.6) is 0 Å². The number of likely N-dealkylation sites (tertiary alicyclic amines) is 1. The van der Waals surface area contributed by atoms with Crippen molar-refractivity contribution in [2.24, 2.45) is 21.6 Å². The topological polar surface area (TPSA) is 121 Å². The third-order valence-electron chi connectivity index (χ3n) is 6.99. The third-order valence-corrected chi connectivity index (χ3v) is 6.99. The van der Waals surface area contributed by atoms with Crippen molar-refractivity contribution in [2.45, 2.75) is 100 Å². The number of carbonyl (C=O) groups is 1. The number of benzene rings is 1. The first-order chi connectivity index (χ1) is 21.7. The van der Waals surface area contributed by atoms with Gasteiger partial charge in [-0.3, -0.25) is 19.8 Å². The molecule has 1 unspecified atom stereocenters. The fraction of sp³-hybridized carbons (Fsp3) is 0.568. The van der Waals surface area contributed by atoms with E-state index in [1.54, 1.807) is 14.0 Å². The number of aryl methyl sites for hydroxylation is 3. The molecule has 2 atom stereocenters.